The van der Waals surface area contributed by atoms with Gasteiger partial charge >= 0.3 is 6.03 Å². The van der Waals surface area contributed by atoms with Crippen molar-refractivity contribution in [3.05, 3.63) is 33.8 Å². The molecular weight excluding hydrogens is 318 g/mol. The van der Waals surface area contributed by atoms with Gasteiger partial charge in [0.2, 0.25) is 0 Å². The number of nitrogens with zero attached hydrogens (tertiary/aromatic N) is 1. The summed E-state index contributed by atoms with van der Waals surface area (Å²) in [5.41, 5.74) is 8.13. The highest BCUT2D eigenvalue weighted by atomic mass is 79.9. The minimum Gasteiger partial charge on any atom is -0.352 e. The fourth-order valence-electron chi connectivity index (χ4n) is 3.52. The van der Waals surface area contributed by atoms with Crippen molar-refractivity contribution in [2.75, 3.05) is 13.1 Å². The minimum atomic E-state index is -0.404. The van der Waals surface area contributed by atoms with Crippen molar-refractivity contribution in [2.45, 2.75) is 37.8 Å². The second-order valence-electron chi connectivity index (χ2n) is 5.68. The van der Waals surface area contributed by atoms with Gasteiger partial charge in [-0.2, -0.15) is 0 Å². The van der Waals surface area contributed by atoms with E-state index in [1.165, 1.54) is 22.0 Å². The van der Waals surface area contributed by atoms with E-state index in [2.05, 4.69) is 44.3 Å². The fraction of sp³-hybridized carbons (Fsp3) is 0.533. The summed E-state index contributed by atoms with van der Waals surface area (Å²) in [4.78, 5) is 13.5. The number of fused-ring (bicyclic) bond motifs is 1. The van der Waals surface area contributed by atoms with Crippen molar-refractivity contribution in [2.24, 2.45) is 5.73 Å². The summed E-state index contributed by atoms with van der Waals surface area (Å²) in [6, 6.07) is 6.89. The summed E-state index contributed by atoms with van der Waals surface area (Å²) in [6.45, 7) is 2.06. The number of primary amides is 1. The quantitative estimate of drug-likeness (QED) is 0.871. The highest BCUT2D eigenvalue weighted by Gasteiger charge is 2.31. The van der Waals surface area contributed by atoms with Gasteiger partial charge in [0, 0.05) is 29.6 Å². The first kappa shape index (κ1) is 13.9. The molecule has 1 saturated heterocycles. The number of carbonyl (C=O) groups excluding carboxylic acids is 1. The first-order valence-electron chi connectivity index (χ1n) is 7.22. The van der Waals surface area contributed by atoms with Crippen molar-refractivity contribution >= 4 is 22.0 Å². The van der Waals surface area contributed by atoms with E-state index in [9.17, 15) is 4.79 Å². The van der Waals surface area contributed by atoms with Gasteiger partial charge in [0.15, 0.2) is 0 Å². The molecule has 1 aromatic rings. The number of urea groups is 1. The highest BCUT2D eigenvalue weighted by molar-refractivity contribution is 9.10. The molecule has 0 aromatic heterocycles. The van der Waals surface area contributed by atoms with E-state index in [0.29, 0.717) is 6.04 Å². The standard InChI is InChI=1S/C15H20BrN3O/c16-13-3-1-2-12-11(13)4-5-14(12)19-8-6-10(7-9-19)18-15(17)20/h1-3,10,14H,4-9H2,(H3,17,18,20)/t14-/m0/s1. The molecule has 1 aromatic carbocycles. The predicted molar refractivity (Wildman–Crippen MR) is 82.5 cm³/mol. The number of benzene rings is 1. The minimum absolute atomic E-state index is 0.243. The number of carbonyl (C=O) groups is 1. The topological polar surface area (TPSA) is 58.4 Å². The molecule has 1 aliphatic carbocycles. The van der Waals surface area contributed by atoms with Gasteiger partial charge in [-0.3, -0.25) is 4.90 Å². The summed E-state index contributed by atoms with van der Waals surface area (Å²) in [5.74, 6) is 0. The van der Waals surface area contributed by atoms with Gasteiger partial charge in [0.05, 0.1) is 0 Å². The molecule has 2 amide bonds. The number of hydrogen-bond donors (Lipinski definition) is 2. The first-order valence-corrected chi connectivity index (χ1v) is 8.02. The van der Waals surface area contributed by atoms with Crippen molar-refractivity contribution in [3.8, 4) is 0 Å². The van der Waals surface area contributed by atoms with Crippen LogP contribution in [0.3, 0.4) is 0 Å². The predicted octanol–water partition coefficient (Wildman–Crippen LogP) is 2.57. The van der Waals surface area contributed by atoms with Gasteiger partial charge in [-0.1, -0.05) is 28.1 Å². The van der Waals surface area contributed by atoms with Crippen molar-refractivity contribution in [3.63, 3.8) is 0 Å². The van der Waals surface area contributed by atoms with E-state index in [0.717, 1.165) is 32.4 Å². The maximum absolute atomic E-state index is 10.9. The molecule has 0 bridgehead atoms. The van der Waals surface area contributed by atoms with Crippen LogP contribution in [-0.2, 0) is 6.42 Å². The molecule has 20 heavy (non-hydrogen) atoms. The second-order valence-corrected chi connectivity index (χ2v) is 6.54. The maximum atomic E-state index is 10.9. The van der Waals surface area contributed by atoms with Crippen LogP contribution in [0, 0.1) is 0 Å². The van der Waals surface area contributed by atoms with E-state index >= 15 is 0 Å². The number of nitrogens with one attached hydrogen (secondary N) is 1. The summed E-state index contributed by atoms with van der Waals surface area (Å²) >= 11 is 3.66. The molecule has 0 radical (unpaired) electrons. The van der Waals surface area contributed by atoms with E-state index in [-0.39, 0.29) is 6.04 Å². The molecule has 2 aliphatic rings. The molecule has 108 valence electrons. The molecule has 0 saturated carbocycles. The zero-order chi connectivity index (χ0) is 14.1. The van der Waals surface area contributed by atoms with Gasteiger partial charge in [-0.05, 0) is 42.9 Å². The van der Waals surface area contributed by atoms with Gasteiger partial charge < -0.3 is 11.1 Å². The molecule has 4 nitrogen and oxygen atoms in total. The van der Waals surface area contributed by atoms with Gasteiger partial charge in [0.25, 0.3) is 0 Å². The number of piperidine rings is 1. The second kappa shape index (κ2) is 5.74. The molecule has 1 atom stereocenters. The molecule has 1 fully saturated rings. The van der Waals surface area contributed by atoms with Crippen LogP contribution in [0.1, 0.15) is 36.4 Å². The highest BCUT2D eigenvalue weighted by Crippen LogP contribution is 2.40. The normalized spacial score (nSPS) is 23.6. The number of nitrogens with two attached hydrogens (primary N) is 1. The Morgan fingerprint density at radius 2 is 2.05 bits per heavy atom. The zero-order valence-electron chi connectivity index (χ0n) is 11.4. The summed E-state index contributed by atoms with van der Waals surface area (Å²) in [6.07, 6.45) is 4.33. The largest absolute Gasteiger partial charge is 0.352 e. The lowest BCUT2D eigenvalue weighted by molar-refractivity contribution is 0.144. The molecule has 5 heteroatoms. The molecule has 0 spiro atoms. The number of halogens is 1. The molecule has 1 heterocycles. The number of rotatable bonds is 2. The van der Waals surface area contributed by atoms with Crippen molar-refractivity contribution < 1.29 is 4.79 Å². The third-order valence-electron chi connectivity index (χ3n) is 4.50. The Morgan fingerprint density at radius 1 is 1.30 bits per heavy atom. The fourth-order valence-corrected chi connectivity index (χ4v) is 4.10. The molecule has 3 rings (SSSR count). The first-order chi connectivity index (χ1) is 9.65. The Hall–Kier alpha value is -1.07. The van der Waals surface area contributed by atoms with E-state index in [4.69, 9.17) is 5.73 Å². The lowest BCUT2D eigenvalue weighted by atomic mass is 10.0. The molecule has 0 unspecified atom stereocenters. The Morgan fingerprint density at radius 3 is 2.75 bits per heavy atom. The van der Waals surface area contributed by atoms with E-state index in [1.807, 2.05) is 0 Å². The summed E-state index contributed by atoms with van der Waals surface area (Å²) < 4.78 is 1.24. The average Bonchev–Trinajstić information content (AvgIpc) is 2.84. The average molecular weight is 338 g/mol. The lowest BCUT2D eigenvalue weighted by Crippen LogP contribution is -2.46. The Bertz CT molecular complexity index is 512. The molecule has 1 aliphatic heterocycles. The van der Waals surface area contributed by atoms with Crippen LogP contribution < -0.4 is 11.1 Å². The van der Waals surface area contributed by atoms with Crippen LogP contribution in [-0.4, -0.2) is 30.1 Å². The van der Waals surface area contributed by atoms with Crippen LogP contribution >= 0.6 is 15.9 Å². The number of amides is 2. The maximum Gasteiger partial charge on any atom is 0.312 e. The number of likely N-dealkylation sites (tertiary alicyclic amines) is 1. The third-order valence-corrected chi connectivity index (χ3v) is 5.24. The van der Waals surface area contributed by atoms with E-state index < -0.39 is 6.03 Å². The van der Waals surface area contributed by atoms with Crippen LogP contribution in [0.15, 0.2) is 22.7 Å². The van der Waals surface area contributed by atoms with Crippen LogP contribution in [0.25, 0.3) is 0 Å². The van der Waals surface area contributed by atoms with Gasteiger partial charge in [-0.25, -0.2) is 4.79 Å². The molecule has 3 N–H and O–H groups in total. The molecular formula is C15H20BrN3O. The van der Waals surface area contributed by atoms with Crippen LogP contribution in [0.5, 0.6) is 0 Å². The smallest absolute Gasteiger partial charge is 0.312 e. The Labute approximate surface area is 127 Å². The van der Waals surface area contributed by atoms with Gasteiger partial charge in [0.1, 0.15) is 0 Å². The van der Waals surface area contributed by atoms with Gasteiger partial charge in [-0.15, -0.1) is 0 Å². The Balaban J connectivity index is 1.66. The van der Waals surface area contributed by atoms with Crippen LogP contribution in [0.2, 0.25) is 0 Å². The summed E-state index contributed by atoms with van der Waals surface area (Å²) in [7, 11) is 0. The summed E-state index contributed by atoms with van der Waals surface area (Å²) in [5, 5.41) is 2.83. The number of hydrogen-bond acceptors (Lipinski definition) is 2. The SMILES string of the molecule is NC(=O)NC1CCN([C@H]2CCc3c(Br)cccc32)CC1. The zero-order valence-corrected chi connectivity index (χ0v) is 13.0. The van der Waals surface area contributed by atoms with Crippen LogP contribution in [0.4, 0.5) is 4.79 Å². The third kappa shape index (κ3) is 2.69. The van der Waals surface area contributed by atoms with Crippen molar-refractivity contribution in [1.29, 1.82) is 0 Å². The van der Waals surface area contributed by atoms with Crippen molar-refractivity contribution in [1.82, 2.24) is 10.2 Å². The monoisotopic (exact) mass is 337 g/mol. The van der Waals surface area contributed by atoms with E-state index in [1.54, 1.807) is 0 Å². The Kier molecular flexibility index (Phi) is 3.98. The lowest BCUT2D eigenvalue weighted by Gasteiger charge is -2.36.